The Balaban J connectivity index is 1.39. The first-order valence-corrected chi connectivity index (χ1v) is 13.7. The average molecular weight is 622 g/mol. The highest BCUT2D eigenvalue weighted by atomic mass is 16.7. The number of primary amides is 1. The van der Waals surface area contributed by atoms with Crippen molar-refractivity contribution >= 4 is 28.7 Å². The van der Waals surface area contributed by atoms with E-state index in [2.05, 4.69) is 10.3 Å². The number of anilines is 1. The number of aliphatic hydroxyl groups is 1. The number of hydrogen-bond donors (Lipinski definition) is 4. The number of rotatable bonds is 8. The summed E-state index contributed by atoms with van der Waals surface area (Å²) in [5, 5.41) is 24.4. The fourth-order valence-electron chi connectivity index (χ4n) is 5.07. The molecule has 2 aromatic carbocycles. The van der Waals surface area contributed by atoms with Crippen LogP contribution in [0.15, 0.2) is 70.0 Å². The minimum absolute atomic E-state index is 0.0476. The summed E-state index contributed by atoms with van der Waals surface area (Å²) in [5.41, 5.74) is 2.71. The molecule has 1 fully saturated rings. The van der Waals surface area contributed by atoms with Crippen LogP contribution in [-0.2, 0) is 14.2 Å². The average Bonchev–Trinajstić information content (AvgIpc) is 2.99. The molecule has 1 aliphatic rings. The van der Waals surface area contributed by atoms with Gasteiger partial charge in [-0.2, -0.15) is 0 Å². The molecule has 14 nitrogen and oxygen atoms in total. The number of nitrogens with one attached hydrogen (secondary N) is 1. The number of nitrogens with two attached hydrogens (primary N) is 1. The van der Waals surface area contributed by atoms with Crippen molar-refractivity contribution in [2.45, 2.75) is 51.0 Å². The van der Waals surface area contributed by atoms with Crippen molar-refractivity contribution in [3.63, 3.8) is 0 Å². The Kier molecular flexibility index (Phi) is 8.64. The number of ether oxygens (including phenoxy) is 5. The topological polar surface area (TPSA) is 202 Å². The van der Waals surface area contributed by atoms with Crippen LogP contribution in [0.25, 0.3) is 11.0 Å². The van der Waals surface area contributed by atoms with Crippen molar-refractivity contribution in [3.05, 3.63) is 82.5 Å². The maximum Gasteiger partial charge on any atom is 0.404 e. The molecular weight excluding hydrogens is 590 g/mol. The highest BCUT2D eigenvalue weighted by Crippen LogP contribution is 2.38. The first-order valence-electron chi connectivity index (χ1n) is 13.7. The maximum absolute atomic E-state index is 13.0. The number of pyridine rings is 1. The van der Waals surface area contributed by atoms with E-state index in [-0.39, 0.29) is 28.0 Å². The zero-order valence-electron chi connectivity index (χ0n) is 24.7. The molecule has 5 N–H and O–H groups in total. The van der Waals surface area contributed by atoms with Crippen LogP contribution < -0.4 is 26.1 Å². The zero-order chi connectivity index (χ0) is 32.5. The first kappa shape index (κ1) is 31.3. The van der Waals surface area contributed by atoms with Gasteiger partial charge < -0.3 is 49.4 Å². The highest BCUT2D eigenvalue weighted by molar-refractivity contribution is 6.05. The molecule has 45 heavy (non-hydrogen) atoms. The molecule has 4 atom stereocenters. The number of para-hydroxylation sites is 1. The number of aryl methyl sites for hydroxylation is 1. The Labute approximate surface area is 256 Å². The number of benzene rings is 2. The number of methoxy groups -OCH3 is 1. The summed E-state index contributed by atoms with van der Waals surface area (Å²) < 4.78 is 33.6. The maximum atomic E-state index is 13.0. The van der Waals surface area contributed by atoms with Crippen molar-refractivity contribution in [1.29, 1.82) is 0 Å². The smallest absolute Gasteiger partial charge is 0.404 e. The van der Waals surface area contributed by atoms with Gasteiger partial charge in [-0.3, -0.25) is 9.78 Å². The fourth-order valence-corrected chi connectivity index (χ4v) is 5.07. The number of hydrogen-bond acceptors (Lipinski definition) is 12. The Morgan fingerprint density at radius 1 is 1.09 bits per heavy atom. The van der Waals surface area contributed by atoms with Gasteiger partial charge in [0.2, 0.25) is 6.29 Å². The van der Waals surface area contributed by atoms with E-state index >= 15 is 0 Å². The predicted octanol–water partition coefficient (Wildman–Crippen LogP) is 3.60. The van der Waals surface area contributed by atoms with Crippen LogP contribution in [0, 0.1) is 6.92 Å². The fraction of sp³-hybridized carbons (Fsp3) is 0.290. The largest absolute Gasteiger partial charge is 0.505 e. The normalized spacial score (nSPS) is 20.7. The van der Waals surface area contributed by atoms with Gasteiger partial charge in [0, 0.05) is 24.9 Å². The standard InChI is InChI=1S/C31H31N3O11/c1-15-20(42-29-23(36)25(44-30(32)39)26(40-4)31(2,3)45-29)11-10-18-22(35)21(28(38)43-24(15)18)34-27(37)19-14-17(12-13-33-19)41-16-8-6-5-7-9-16/h5-14,23,25-26,29,35-36H,1-4H3,(H2,32,39)(H,34,37)/t23-,25+,26-,29-/m1/s1. The van der Waals surface area contributed by atoms with Gasteiger partial charge in [-0.1, -0.05) is 18.2 Å². The lowest BCUT2D eigenvalue weighted by Gasteiger charge is -2.47. The molecule has 1 saturated heterocycles. The molecule has 1 aliphatic heterocycles. The van der Waals surface area contributed by atoms with Gasteiger partial charge in [0.15, 0.2) is 23.6 Å². The predicted molar refractivity (Wildman–Crippen MR) is 158 cm³/mol. The Morgan fingerprint density at radius 2 is 1.82 bits per heavy atom. The third kappa shape index (κ3) is 6.38. The summed E-state index contributed by atoms with van der Waals surface area (Å²) in [6.45, 7) is 4.86. The molecule has 2 amide bonds. The van der Waals surface area contributed by atoms with E-state index in [1.165, 1.54) is 31.5 Å². The van der Waals surface area contributed by atoms with Gasteiger partial charge >= 0.3 is 11.7 Å². The van der Waals surface area contributed by atoms with Gasteiger partial charge in [-0.05, 0) is 51.1 Å². The molecule has 0 spiro atoms. The SMILES string of the molecule is CO[C@@H]1[C@@H](OC(N)=O)[C@@H](O)[C@H](Oc2ccc3c(O)c(NC(=O)c4cc(Oc5ccccc5)ccn4)c(=O)oc3c2C)OC1(C)C. The molecule has 0 aliphatic carbocycles. The highest BCUT2D eigenvalue weighted by Gasteiger charge is 2.53. The number of carbonyl (C=O) groups is 2. The van der Waals surface area contributed by atoms with Gasteiger partial charge in [-0.25, -0.2) is 9.59 Å². The minimum atomic E-state index is -1.52. The number of aromatic nitrogens is 1. The summed E-state index contributed by atoms with van der Waals surface area (Å²) in [7, 11) is 1.37. The van der Waals surface area contributed by atoms with Crippen molar-refractivity contribution in [2.75, 3.05) is 12.4 Å². The lowest BCUT2D eigenvalue weighted by molar-refractivity contribution is -0.304. The number of aliphatic hydroxyl groups excluding tert-OH is 1. The third-order valence-corrected chi connectivity index (χ3v) is 7.20. The first-order chi connectivity index (χ1) is 21.4. The quantitative estimate of drug-likeness (QED) is 0.209. The second kappa shape index (κ2) is 12.4. The van der Waals surface area contributed by atoms with Crippen LogP contribution in [-0.4, -0.2) is 64.5 Å². The van der Waals surface area contributed by atoms with E-state index in [1.54, 1.807) is 51.1 Å². The molecule has 0 radical (unpaired) electrons. The van der Waals surface area contributed by atoms with E-state index < -0.39 is 59.3 Å². The Morgan fingerprint density at radius 3 is 2.51 bits per heavy atom. The number of nitrogens with zero attached hydrogens (tertiary/aromatic N) is 1. The van der Waals surface area contributed by atoms with Crippen LogP contribution in [0.1, 0.15) is 29.9 Å². The van der Waals surface area contributed by atoms with E-state index in [0.717, 1.165) is 0 Å². The molecule has 2 aromatic heterocycles. The Bertz CT molecular complexity index is 1790. The van der Waals surface area contributed by atoms with Crippen molar-refractivity contribution in [2.24, 2.45) is 5.73 Å². The van der Waals surface area contributed by atoms with Crippen LogP contribution in [0.5, 0.6) is 23.0 Å². The number of carbonyl (C=O) groups excluding carboxylic acids is 2. The zero-order valence-corrected chi connectivity index (χ0v) is 24.7. The second-order valence-electron chi connectivity index (χ2n) is 10.7. The summed E-state index contributed by atoms with van der Waals surface area (Å²) in [4.78, 5) is 41.5. The molecule has 0 bridgehead atoms. The van der Waals surface area contributed by atoms with Gasteiger partial charge in [0.1, 0.15) is 34.6 Å². The summed E-state index contributed by atoms with van der Waals surface area (Å²) in [6, 6.07) is 14.7. The van der Waals surface area contributed by atoms with Crippen molar-refractivity contribution in [3.8, 4) is 23.0 Å². The summed E-state index contributed by atoms with van der Waals surface area (Å²) in [5.74, 6) is -0.336. The molecule has 0 saturated carbocycles. The minimum Gasteiger partial charge on any atom is -0.505 e. The van der Waals surface area contributed by atoms with E-state index in [1.807, 2.05) is 6.07 Å². The molecule has 0 unspecified atom stereocenters. The molecule has 14 heteroatoms. The van der Waals surface area contributed by atoms with Crippen molar-refractivity contribution < 1.29 is 47.9 Å². The third-order valence-electron chi connectivity index (χ3n) is 7.20. The molecule has 236 valence electrons. The lowest BCUT2D eigenvalue weighted by atomic mass is 9.89. The molecule has 4 aromatic rings. The number of aromatic hydroxyl groups is 1. The van der Waals surface area contributed by atoms with E-state index in [4.69, 9.17) is 33.8 Å². The van der Waals surface area contributed by atoms with Crippen LogP contribution in [0.4, 0.5) is 10.5 Å². The van der Waals surface area contributed by atoms with Gasteiger partial charge in [0.25, 0.3) is 5.91 Å². The van der Waals surface area contributed by atoms with Crippen LogP contribution in [0.3, 0.4) is 0 Å². The number of amides is 2. The van der Waals surface area contributed by atoms with Gasteiger partial charge in [0.05, 0.1) is 11.0 Å². The Hall–Kier alpha value is -5.18. The lowest BCUT2D eigenvalue weighted by Crippen LogP contribution is -2.65. The van der Waals surface area contributed by atoms with Crippen LogP contribution >= 0.6 is 0 Å². The monoisotopic (exact) mass is 621 g/mol. The summed E-state index contributed by atoms with van der Waals surface area (Å²) in [6.07, 6.45) is -4.74. The molecule has 5 rings (SSSR count). The summed E-state index contributed by atoms with van der Waals surface area (Å²) >= 11 is 0. The van der Waals surface area contributed by atoms with Crippen LogP contribution in [0.2, 0.25) is 0 Å². The van der Waals surface area contributed by atoms with E-state index in [9.17, 15) is 24.6 Å². The second-order valence-corrected chi connectivity index (χ2v) is 10.7. The number of fused-ring (bicyclic) bond motifs is 1. The van der Waals surface area contributed by atoms with Crippen molar-refractivity contribution in [1.82, 2.24) is 4.98 Å². The molecule has 3 heterocycles. The molecular formula is C31H31N3O11. The van der Waals surface area contributed by atoms with Gasteiger partial charge in [-0.15, -0.1) is 0 Å². The van der Waals surface area contributed by atoms with E-state index in [0.29, 0.717) is 11.5 Å².